The summed E-state index contributed by atoms with van der Waals surface area (Å²) in [4.78, 5) is 33.2. The van der Waals surface area contributed by atoms with E-state index in [1.165, 1.54) is 23.0 Å². The second-order valence-electron chi connectivity index (χ2n) is 7.50. The molecule has 0 radical (unpaired) electrons. The van der Waals surface area contributed by atoms with Gasteiger partial charge in [0, 0.05) is 23.6 Å². The van der Waals surface area contributed by atoms with Gasteiger partial charge in [0.15, 0.2) is 5.82 Å². The Morgan fingerprint density at radius 2 is 1.80 bits per heavy atom. The normalized spacial score (nSPS) is 11.2. The fourth-order valence-electron chi connectivity index (χ4n) is 3.25. The molecule has 4 rings (SSSR count). The molecule has 0 aliphatic heterocycles. The topological polar surface area (TPSA) is 102 Å². The molecule has 0 aliphatic rings. The van der Waals surface area contributed by atoms with E-state index in [0.29, 0.717) is 28.8 Å². The summed E-state index contributed by atoms with van der Waals surface area (Å²) in [6.07, 6.45) is -0.858. The number of hydrogen-bond donors (Lipinski definition) is 2. The summed E-state index contributed by atoms with van der Waals surface area (Å²) >= 11 is 0. The first-order valence-corrected chi connectivity index (χ1v) is 10.4. The van der Waals surface area contributed by atoms with E-state index in [-0.39, 0.29) is 23.8 Å². The molecule has 178 valence electrons. The predicted molar refractivity (Wildman–Crippen MR) is 121 cm³/mol. The highest BCUT2D eigenvalue weighted by Gasteiger charge is 2.30. The number of carbonyl (C=O) groups excluding carboxylic acids is 2. The minimum Gasteiger partial charge on any atom is -0.346 e. The lowest BCUT2D eigenvalue weighted by molar-refractivity contribution is -0.137. The second kappa shape index (κ2) is 9.75. The van der Waals surface area contributed by atoms with E-state index in [9.17, 15) is 22.8 Å². The number of carbonyl (C=O) groups is 2. The second-order valence-corrected chi connectivity index (χ2v) is 7.50. The van der Waals surface area contributed by atoms with Crippen LogP contribution in [0.2, 0.25) is 0 Å². The lowest BCUT2D eigenvalue weighted by atomic mass is 10.1. The Balaban J connectivity index is 1.45. The largest absolute Gasteiger partial charge is 0.417 e. The molecule has 1 aromatic carbocycles. The number of halogens is 3. The Bertz CT molecular complexity index is 1350. The molecule has 2 amide bonds. The van der Waals surface area contributed by atoms with Crippen LogP contribution in [0.3, 0.4) is 0 Å². The zero-order valence-electron chi connectivity index (χ0n) is 18.4. The van der Waals surface area contributed by atoms with E-state index in [1.807, 2.05) is 6.07 Å². The van der Waals surface area contributed by atoms with Crippen molar-refractivity contribution in [1.82, 2.24) is 25.1 Å². The molecule has 0 atom stereocenters. The summed E-state index contributed by atoms with van der Waals surface area (Å²) in [7, 11) is 0. The lowest BCUT2D eigenvalue weighted by Gasteiger charge is -2.09. The maximum Gasteiger partial charge on any atom is 0.417 e. The molecular formula is C24H19F3N6O2. The molecule has 0 spiro atoms. The van der Waals surface area contributed by atoms with Gasteiger partial charge in [0.05, 0.1) is 35.3 Å². The van der Waals surface area contributed by atoms with Crippen LogP contribution in [-0.2, 0) is 12.7 Å². The van der Waals surface area contributed by atoms with Crippen molar-refractivity contribution in [2.75, 3.05) is 5.32 Å². The summed E-state index contributed by atoms with van der Waals surface area (Å²) < 4.78 is 39.6. The minimum atomic E-state index is -4.50. The molecule has 0 aliphatic carbocycles. The summed E-state index contributed by atoms with van der Waals surface area (Å²) in [6, 6.07) is 13.9. The van der Waals surface area contributed by atoms with Gasteiger partial charge >= 0.3 is 6.18 Å². The Morgan fingerprint density at radius 1 is 0.971 bits per heavy atom. The number of nitrogens with zero attached hydrogens (tertiary/aromatic N) is 4. The standard InChI is InChI=1S/C24H19F3N6O2/c1-15-20(14-31-33(15)21-9-8-17(12-29-21)24(25,26)27)23(35)32-18-7-4-5-16(11-18)22(34)30-13-19-6-2-3-10-28-19/h2-12,14H,13H2,1H3,(H,30,34)(H,32,35). The first-order chi connectivity index (χ1) is 16.7. The summed E-state index contributed by atoms with van der Waals surface area (Å²) in [5, 5.41) is 9.56. The van der Waals surface area contributed by atoms with Crippen molar-refractivity contribution >= 4 is 17.5 Å². The van der Waals surface area contributed by atoms with Crippen molar-refractivity contribution in [1.29, 1.82) is 0 Å². The highest BCUT2D eigenvalue weighted by molar-refractivity contribution is 6.05. The van der Waals surface area contributed by atoms with Crippen molar-refractivity contribution in [2.24, 2.45) is 0 Å². The third-order valence-electron chi connectivity index (χ3n) is 5.09. The van der Waals surface area contributed by atoms with Gasteiger partial charge in [-0.15, -0.1) is 0 Å². The molecule has 2 N–H and O–H groups in total. The maximum atomic E-state index is 12.8. The van der Waals surface area contributed by atoms with Crippen LogP contribution >= 0.6 is 0 Å². The van der Waals surface area contributed by atoms with Crippen LogP contribution in [0.15, 0.2) is 73.2 Å². The number of aromatic nitrogens is 4. The first-order valence-electron chi connectivity index (χ1n) is 10.4. The van der Waals surface area contributed by atoms with Gasteiger partial charge in [-0.25, -0.2) is 9.67 Å². The molecule has 0 unspecified atom stereocenters. The van der Waals surface area contributed by atoms with E-state index in [1.54, 1.807) is 43.5 Å². The Kier molecular flexibility index (Phi) is 6.58. The average molecular weight is 480 g/mol. The van der Waals surface area contributed by atoms with Gasteiger partial charge in [0.1, 0.15) is 0 Å². The van der Waals surface area contributed by atoms with Crippen molar-refractivity contribution in [3.05, 3.63) is 101 Å². The summed E-state index contributed by atoms with van der Waals surface area (Å²) in [6.45, 7) is 1.86. The number of rotatable bonds is 6. The van der Waals surface area contributed by atoms with E-state index in [4.69, 9.17) is 0 Å². The number of anilines is 1. The highest BCUT2D eigenvalue weighted by atomic mass is 19.4. The molecule has 8 nitrogen and oxygen atoms in total. The molecule has 0 saturated heterocycles. The van der Waals surface area contributed by atoms with Crippen LogP contribution < -0.4 is 10.6 Å². The number of amides is 2. The molecule has 11 heteroatoms. The third-order valence-corrected chi connectivity index (χ3v) is 5.09. The average Bonchev–Trinajstić information content (AvgIpc) is 3.24. The van der Waals surface area contributed by atoms with Crippen LogP contribution in [-0.4, -0.2) is 31.6 Å². The van der Waals surface area contributed by atoms with Crippen LogP contribution in [0.5, 0.6) is 0 Å². The Morgan fingerprint density at radius 3 is 2.49 bits per heavy atom. The number of hydrogen-bond acceptors (Lipinski definition) is 5. The molecule has 0 bridgehead atoms. The molecule has 0 fully saturated rings. The highest BCUT2D eigenvalue weighted by Crippen LogP contribution is 2.29. The number of pyridine rings is 2. The Hall–Kier alpha value is -4.54. The molecule has 0 saturated carbocycles. The minimum absolute atomic E-state index is 0.140. The van der Waals surface area contributed by atoms with Crippen molar-refractivity contribution in [2.45, 2.75) is 19.6 Å². The van der Waals surface area contributed by atoms with Crippen LogP contribution in [0.4, 0.5) is 18.9 Å². The maximum absolute atomic E-state index is 12.8. The van der Waals surface area contributed by atoms with E-state index >= 15 is 0 Å². The molecule has 35 heavy (non-hydrogen) atoms. The zero-order valence-corrected chi connectivity index (χ0v) is 18.4. The third kappa shape index (κ3) is 5.52. The SMILES string of the molecule is Cc1c(C(=O)Nc2cccc(C(=O)NCc3ccccn3)c2)cnn1-c1ccc(C(F)(F)F)cn1. The summed E-state index contributed by atoms with van der Waals surface area (Å²) in [5.74, 6) is -0.683. The first kappa shape index (κ1) is 23.6. The molecule has 3 aromatic heterocycles. The van der Waals surface area contributed by atoms with E-state index < -0.39 is 17.6 Å². The van der Waals surface area contributed by atoms with E-state index in [0.717, 1.165) is 6.07 Å². The van der Waals surface area contributed by atoms with Crippen molar-refractivity contribution < 1.29 is 22.8 Å². The Labute approximate surface area is 197 Å². The predicted octanol–water partition coefficient (Wildman–Crippen LogP) is 4.17. The van der Waals surface area contributed by atoms with Gasteiger partial charge in [-0.2, -0.15) is 18.3 Å². The molecule has 4 aromatic rings. The van der Waals surface area contributed by atoms with Crippen LogP contribution in [0, 0.1) is 6.92 Å². The quantitative estimate of drug-likeness (QED) is 0.431. The zero-order chi connectivity index (χ0) is 25.0. The number of benzene rings is 1. The van der Waals surface area contributed by atoms with Gasteiger partial charge in [0.2, 0.25) is 0 Å². The van der Waals surface area contributed by atoms with Gasteiger partial charge in [-0.1, -0.05) is 12.1 Å². The van der Waals surface area contributed by atoms with Gasteiger partial charge in [-0.05, 0) is 49.4 Å². The fourth-order valence-corrected chi connectivity index (χ4v) is 3.25. The number of alkyl halides is 3. The lowest BCUT2D eigenvalue weighted by Crippen LogP contribution is -2.23. The van der Waals surface area contributed by atoms with E-state index in [2.05, 4.69) is 25.7 Å². The smallest absolute Gasteiger partial charge is 0.346 e. The van der Waals surface area contributed by atoms with Crippen molar-refractivity contribution in [3.8, 4) is 5.82 Å². The summed E-state index contributed by atoms with van der Waals surface area (Å²) in [5.41, 5.74) is 1.16. The molecular weight excluding hydrogens is 461 g/mol. The van der Waals surface area contributed by atoms with Gasteiger partial charge < -0.3 is 10.6 Å². The molecule has 3 heterocycles. The van der Waals surface area contributed by atoms with Gasteiger partial charge in [-0.3, -0.25) is 14.6 Å². The van der Waals surface area contributed by atoms with Crippen LogP contribution in [0.25, 0.3) is 5.82 Å². The van der Waals surface area contributed by atoms with Gasteiger partial charge in [0.25, 0.3) is 11.8 Å². The van der Waals surface area contributed by atoms with Crippen molar-refractivity contribution in [3.63, 3.8) is 0 Å². The fraction of sp³-hybridized carbons (Fsp3) is 0.125. The monoisotopic (exact) mass is 480 g/mol. The van der Waals surface area contributed by atoms with Crippen LogP contribution in [0.1, 0.15) is 37.7 Å². The number of nitrogens with one attached hydrogen (secondary N) is 2.